The fourth-order valence-electron chi connectivity index (χ4n) is 1.56. The number of sulfonamides is 1. The molecule has 1 aromatic rings. The van der Waals surface area contributed by atoms with Crippen molar-refractivity contribution in [1.82, 2.24) is 10.0 Å². The Labute approximate surface area is 120 Å². The molecule has 0 atom stereocenters. The molecular weight excluding hydrogens is 279 g/mol. The van der Waals surface area contributed by atoms with Crippen LogP contribution in [-0.2, 0) is 16.6 Å². The molecule has 0 heterocycles. The minimum Gasteiger partial charge on any atom is -0.316 e. The van der Waals surface area contributed by atoms with E-state index in [0.717, 1.165) is 12.0 Å². The first-order chi connectivity index (χ1) is 9.22. The van der Waals surface area contributed by atoms with Crippen LogP contribution in [0.25, 0.3) is 0 Å². The molecule has 0 saturated heterocycles. The van der Waals surface area contributed by atoms with E-state index in [4.69, 9.17) is 0 Å². The van der Waals surface area contributed by atoms with Gasteiger partial charge < -0.3 is 5.32 Å². The maximum absolute atomic E-state index is 13.8. The topological polar surface area (TPSA) is 58.2 Å². The number of hydrogen-bond acceptors (Lipinski definition) is 3. The standard InChI is InChI=1S/C14H23FN2O2S/c1-5-14(2,3)10-17-20(18,19)13-8-11(9-16-4)6-7-12(13)15/h6-8,16-17H,5,9-10H2,1-4H3. The third kappa shape index (κ3) is 4.54. The Morgan fingerprint density at radius 1 is 1.30 bits per heavy atom. The Morgan fingerprint density at radius 2 is 1.95 bits per heavy atom. The van der Waals surface area contributed by atoms with Crippen molar-refractivity contribution < 1.29 is 12.8 Å². The first kappa shape index (κ1) is 17.1. The molecule has 2 N–H and O–H groups in total. The lowest BCUT2D eigenvalue weighted by Gasteiger charge is -2.23. The molecule has 0 saturated carbocycles. The number of hydrogen-bond donors (Lipinski definition) is 2. The highest BCUT2D eigenvalue weighted by Crippen LogP contribution is 2.21. The summed E-state index contributed by atoms with van der Waals surface area (Å²) in [5.41, 5.74) is 0.565. The van der Waals surface area contributed by atoms with E-state index in [1.807, 2.05) is 20.8 Å². The van der Waals surface area contributed by atoms with Crippen molar-refractivity contribution in [3.8, 4) is 0 Å². The van der Waals surface area contributed by atoms with Crippen molar-refractivity contribution in [3.63, 3.8) is 0 Å². The van der Waals surface area contributed by atoms with Gasteiger partial charge in [-0.3, -0.25) is 0 Å². The summed E-state index contributed by atoms with van der Waals surface area (Å²) in [4.78, 5) is -0.294. The summed E-state index contributed by atoms with van der Waals surface area (Å²) < 4.78 is 40.7. The van der Waals surface area contributed by atoms with E-state index >= 15 is 0 Å². The summed E-state index contributed by atoms with van der Waals surface area (Å²) >= 11 is 0. The molecule has 0 amide bonds. The van der Waals surface area contributed by atoms with Gasteiger partial charge in [0.15, 0.2) is 0 Å². The lowest BCUT2D eigenvalue weighted by molar-refractivity contribution is 0.350. The summed E-state index contributed by atoms with van der Waals surface area (Å²) in [6, 6.07) is 4.13. The van der Waals surface area contributed by atoms with Gasteiger partial charge in [0.2, 0.25) is 10.0 Å². The second kappa shape index (κ2) is 6.65. The lowest BCUT2D eigenvalue weighted by Crippen LogP contribution is -2.34. The monoisotopic (exact) mass is 302 g/mol. The van der Waals surface area contributed by atoms with Crippen molar-refractivity contribution in [3.05, 3.63) is 29.6 Å². The molecule has 0 aliphatic carbocycles. The van der Waals surface area contributed by atoms with Crippen LogP contribution in [0.1, 0.15) is 32.8 Å². The molecule has 0 fully saturated rings. The van der Waals surface area contributed by atoms with Gasteiger partial charge in [-0.05, 0) is 36.6 Å². The average Bonchev–Trinajstić information content (AvgIpc) is 2.39. The summed E-state index contributed by atoms with van der Waals surface area (Å²) in [7, 11) is -2.08. The molecule has 20 heavy (non-hydrogen) atoms. The molecule has 0 aliphatic heterocycles. The number of nitrogens with one attached hydrogen (secondary N) is 2. The Bertz CT molecular complexity index is 556. The molecular formula is C14H23FN2O2S. The molecule has 0 radical (unpaired) electrons. The highest BCUT2D eigenvalue weighted by Gasteiger charge is 2.23. The quantitative estimate of drug-likeness (QED) is 0.812. The van der Waals surface area contributed by atoms with Gasteiger partial charge in [0.25, 0.3) is 0 Å². The number of benzene rings is 1. The van der Waals surface area contributed by atoms with Crippen molar-refractivity contribution in [2.75, 3.05) is 13.6 Å². The van der Waals surface area contributed by atoms with Gasteiger partial charge >= 0.3 is 0 Å². The smallest absolute Gasteiger partial charge is 0.243 e. The Kier molecular flexibility index (Phi) is 5.68. The van der Waals surface area contributed by atoms with Crippen LogP contribution in [-0.4, -0.2) is 22.0 Å². The summed E-state index contributed by atoms with van der Waals surface area (Å²) in [6.45, 7) is 6.68. The molecule has 114 valence electrons. The van der Waals surface area contributed by atoms with E-state index in [0.29, 0.717) is 6.54 Å². The predicted molar refractivity (Wildman–Crippen MR) is 78.4 cm³/mol. The predicted octanol–water partition coefficient (Wildman–Crippen LogP) is 2.26. The van der Waals surface area contributed by atoms with Crippen LogP contribution < -0.4 is 10.0 Å². The number of rotatable bonds is 7. The zero-order chi connectivity index (χ0) is 15.4. The Balaban J connectivity index is 3.00. The van der Waals surface area contributed by atoms with Gasteiger partial charge in [-0.2, -0.15) is 0 Å². The first-order valence-corrected chi connectivity index (χ1v) is 8.13. The van der Waals surface area contributed by atoms with E-state index < -0.39 is 15.8 Å². The fraction of sp³-hybridized carbons (Fsp3) is 0.571. The molecule has 0 spiro atoms. The highest BCUT2D eigenvalue weighted by molar-refractivity contribution is 7.89. The maximum atomic E-state index is 13.8. The van der Waals surface area contributed by atoms with Crippen LogP contribution in [0.2, 0.25) is 0 Å². The van der Waals surface area contributed by atoms with Crippen molar-refractivity contribution in [1.29, 1.82) is 0 Å². The summed E-state index contributed by atoms with van der Waals surface area (Å²) in [5.74, 6) is -0.730. The molecule has 0 unspecified atom stereocenters. The second-order valence-corrected chi connectivity index (χ2v) is 7.37. The van der Waals surface area contributed by atoms with Gasteiger partial charge in [-0.25, -0.2) is 17.5 Å². The molecule has 0 bridgehead atoms. The van der Waals surface area contributed by atoms with Crippen molar-refractivity contribution in [2.45, 2.75) is 38.6 Å². The summed E-state index contributed by atoms with van der Waals surface area (Å²) in [5, 5.41) is 2.91. The summed E-state index contributed by atoms with van der Waals surface area (Å²) in [6.07, 6.45) is 0.831. The van der Waals surface area contributed by atoms with E-state index in [-0.39, 0.29) is 16.9 Å². The van der Waals surface area contributed by atoms with Crippen LogP contribution >= 0.6 is 0 Å². The van der Waals surface area contributed by atoms with Crippen LogP contribution in [0.4, 0.5) is 4.39 Å². The zero-order valence-electron chi connectivity index (χ0n) is 12.5. The second-order valence-electron chi connectivity index (χ2n) is 5.64. The van der Waals surface area contributed by atoms with Gasteiger partial charge in [0, 0.05) is 13.1 Å². The van der Waals surface area contributed by atoms with Crippen LogP contribution in [0, 0.1) is 11.2 Å². The highest BCUT2D eigenvalue weighted by atomic mass is 32.2. The SMILES string of the molecule is CCC(C)(C)CNS(=O)(=O)c1cc(CNC)ccc1F. The Morgan fingerprint density at radius 3 is 2.50 bits per heavy atom. The van der Waals surface area contributed by atoms with Crippen LogP contribution in [0.3, 0.4) is 0 Å². The number of halogens is 1. The molecule has 0 aliphatic rings. The van der Waals surface area contributed by atoms with E-state index in [1.165, 1.54) is 12.1 Å². The normalized spacial score (nSPS) is 12.7. The first-order valence-electron chi connectivity index (χ1n) is 6.64. The molecule has 1 rings (SSSR count). The van der Waals surface area contributed by atoms with Gasteiger partial charge in [-0.1, -0.05) is 26.8 Å². The van der Waals surface area contributed by atoms with Crippen molar-refractivity contribution >= 4 is 10.0 Å². The molecule has 6 heteroatoms. The van der Waals surface area contributed by atoms with Crippen LogP contribution in [0.15, 0.2) is 23.1 Å². The van der Waals surface area contributed by atoms with E-state index in [2.05, 4.69) is 10.0 Å². The minimum atomic E-state index is -3.83. The molecule has 0 aromatic heterocycles. The lowest BCUT2D eigenvalue weighted by atomic mass is 9.91. The largest absolute Gasteiger partial charge is 0.316 e. The van der Waals surface area contributed by atoms with Gasteiger partial charge in [-0.15, -0.1) is 0 Å². The zero-order valence-corrected chi connectivity index (χ0v) is 13.3. The molecule has 4 nitrogen and oxygen atoms in total. The van der Waals surface area contributed by atoms with Gasteiger partial charge in [0.1, 0.15) is 10.7 Å². The maximum Gasteiger partial charge on any atom is 0.243 e. The van der Waals surface area contributed by atoms with E-state index in [9.17, 15) is 12.8 Å². The van der Waals surface area contributed by atoms with Crippen LogP contribution in [0.5, 0.6) is 0 Å². The Hall–Kier alpha value is -0.980. The average molecular weight is 302 g/mol. The third-order valence-corrected chi connectivity index (χ3v) is 4.78. The van der Waals surface area contributed by atoms with Gasteiger partial charge in [0.05, 0.1) is 0 Å². The van der Waals surface area contributed by atoms with E-state index in [1.54, 1.807) is 13.1 Å². The fourth-order valence-corrected chi connectivity index (χ4v) is 2.93. The molecule has 1 aromatic carbocycles. The minimum absolute atomic E-state index is 0.161. The third-order valence-electron chi connectivity index (χ3n) is 3.36. The van der Waals surface area contributed by atoms with Crippen molar-refractivity contribution in [2.24, 2.45) is 5.41 Å².